The zero-order valence-corrected chi connectivity index (χ0v) is 19.3. The van der Waals surface area contributed by atoms with E-state index >= 15 is 0 Å². The second-order valence-corrected chi connectivity index (χ2v) is 8.85. The van der Waals surface area contributed by atoms with E-state index in [4.69, 9.17) is 14.1 Å². The average Bonchev–Trinajstić information content (AvgIpc) is 2.79. The Hall–Kier alpha value is -1.50. The largest absolute Gasteiger partial charge is 0.494 e. The summed E-state index contributed by atoms with van der Waals surface area (Å²) in [7, 11) is 0. The summed E-state index contributed by atoms with van der Waals surface area (Å²) >= 11 is 3.64. The number of benzene rings is 1. The van der Waals surface area contributed by atoms with Crippen LogP contribution in [0.1, 0.15) is 57.8 Å². The van der Waals surface area contributed by atoms with Crippen molar-refractivity contribution in [2.45, 2.75) is 63.9 Å². The Morgan fingerprint density at radius 3 is 2.16 bits per heavy atom. The van der Waals surface area contributed by atoms with E-state index in [1.54, 1.807) is 0 Å². The Balaban J connectivity index is 0.00000132. The zero-order chi connectivity index (χ0) is 21.9. The van der Waals surface area contributed by atoms with Crippen LogP contribution in [-0.2, 0) is 4.79 Å². The minimum atomic E-state index is 0.205. The summed E-state index contributed by atoms with van der Waals surface area (Å²) in [6, 6.07) is 8.02. The molecule has 1 aromatic carbocycles. The quantitative estimate of drug-likeness (QED) is 0.597. The summed E-state index contributed by atoms with van der Waals surface area (Å²) < 4.78 is 18.5. The molecule has 0 unspecified atom stereocenters. The lowest BCUT2D eigenvalue weighted by atomic mass is 9.84. The fourth-order valence-electron chi connectivity index (χ4n) is 4.58. The minimum absolute atomic E-state index is 0.205. The van der Waals surface area contributed by atoms with Crippen molar-refractivity contribution in [1.82, 2.24) is 9.80 Å². The summed E-state index contributed by atoms with van der Waals surface area (Å²) in [4.78, 5) is 16.9. The van der Waals surface area contributed by atoms with E-state index in [1.165, 1.54) is 38.8 Å². The lowest BCUT2D eigenvalue weighted by molar-refractivity contribution is -0.140. The lowest BCUT2D eigenvalue weighted by Gasteiger charge is -2.36. The van der Waals surface area contributed by atoms with E-state index in [2.05, 4.69) is 16.8 Å². The molecule has 7 heteroatoms. The van der Waals surface area contributed by atoms with Crippen LogP contribution in [-0.4, -0.2) is 65.8 Å². The third kappa shape index (κ3) is 7.55. The van der Waals surface area contributed by atoms with Crippen molar-refractivity contribution < 1.29 is 18.9 Å². The minimum Gasteiger partial charge on any atom is -0.494 e. The van der Waals surface area contributed by atoms with E-state index in [9.17, 15) is 4.79 Å². The van der Waals surface area contributed by atoms with Crippen LogP contribution in [0, 0.1) is 5.92 Å². The number of carbonyl (C=O) groups excluding carboxylic acids is 1. The van der Waals surface area contributed by atoms with Crippen LogP contribution in [0.15, 0.2) is 24.3 Å². The Morgan fingerprint density at radius 2 is 1.55 bits per heavy atom. The predicted molar refractivity (Wildman–Crippen MR) is 122 cm³/mol. The lowest BCUT2D eigenvalue weighted by Crippen LogP contribution is -2.45. The molecule has 1 amide bonds. The highest BCUT2D eigenvalue weighted by molar-refractivity contribution is 6.04. The summed E-state index contributed by atoms with van der Waals surface area (Å²) in [5, 5.41) is 0. The summed E-state index contributed by atoms with van der Waals surface area (Å²) in [6.07, 6.45) is 10.6. The molecular formula is C24H37ClN2O4. The van der Waals surface area contributed by atoms with Crippen molar-refractivity contribution >= 4 is 17.8 Å². The van der Waals surface area contributed by atoms with E-state index in [1.807, 2.05) is 29.2 Å². The molecule has 6 nitrogen and oxygen atoms in total. The molecule has 0 aromatic heterocycles. The van der Waals surface area contributed by atoms with Gasteiger partial charge in [0.05, 0.1) is 18.5 Å². The van der Waals surface area contributed by atoms with E-state index in [0.29, 0.717) is 11.8 Å². The predicted octanol–water partition coefficient (Wildman–Crippen LogP) is 4.24. The zero-order valence-electron chi connectivity index (χ0n) is 18.5. The van der Waals surface area contributed by atoms with Gasteiger partial charge >= 0.3 is 0 Å². The van der Waals surface area contributed by atoms with Gasteiger partial charge in [-0.1, -0.05) is 12.8 Å². The first kappa shape index (κ1) is 24.1. The molecule has 1 saturated carbocycles. The van der Waals surface area contributed by atoms with Gasteiger partial charge in [0, 0.05) is 38.4 Å². The first-order valence-electron chi connectivity index (χ1n) is 11.9. The molecule has 2 aliphatic heterocycles. The fraction of sp³-hybridized carbons (Fsp3) is 0.708. The van der Waals surface area contributed by atoms with Crippen LogP contribution >= 0.6 is 11.9 Å². The highest BCUT2D eigenvalue weighted by atomic mass is 35.5. The molecule has 2 saturated heterocycles. The van der Waals surface area contributed by atoms with Crippen molar-refractivity contribution in [3.8, 4) is 11.5 Å². The molecule has 2 heterocycles. The number of hydrogen-bond acceptors (Lipinski definition) is 5. The van der Waals surface area contributed by atoms with Crippen molar-refractivity contribution in [3.63, 3.8) is 0 Å². The van der Waals surface area contributed by atoms with Gasteiger partial charge in [-0.2, -0.15) is 0 Å². The summed E-state index contributed by atoms with van der Waals surface area (Å²) in [6.45, 7) is 6.07. The Labute approximate surface area is 191 Å². The van der Waals surface area contributed by atoms with Gasteiger partial charge in [-0.05, 0) is 69.5 Å². The molecule has 0 atom stereocenters. The number of hydrogen-bond donors (Lipinski definition) is 1. The SMILES string of the molecule is O=C(C1CCC1)N1CCC(Oc2ccc(OCCCN3CCCCC3)cc2)CC1.OCl. The molecule has 0 bridgehead atoms. The number of rotatable bonds is 8. The molecular weight excluding hydrogens is 416 g/mol. The van der Waals surface area contributed by atoms with Crippen LogP contribution in [0.2, 0.25) is 0 Å². The average molecular weight is 453 g/mol. The maximum atomic E-state index is 12.3. The first-order chi connectivity index (χ1) is 15.3. The smallest absolute Gasteiger partial charge is 0.225 e. The van der Waals surface area contributed by atoms with Crippen LogP contribution in [0.3, 0.4) is 0 Å². The highest BCUT2D eigenvalue weighted by Gasteiger charge is 2.32. The number of nitrogens with zero attached hydrogens (tertiary/aromatic N) is 2. The van der Waals surface area contributed by atoms with E-state index < -0.39 is 0 Å². The Morgan fingerprint density at radius 1 is 0.903 bits per heavy atom. The Kier molecular flexibility index (Phi) is 10.2. The van der Waals surface area contributed by atoms with Crippen LogP contribution in [0.25, 0.3) is 0 Å². The molecule has 31 heavy (non-hydrogen) atoms. The van der Waals surface area contributed by atoms with E-state index in [0.717, 1.165) is 69.8 Å². The van der Waals surface area contributed by atoms with Crippen LogP contribution < -0.4 is 9.47 Å². The molecule has 174 valence electrons. The van der Waals surface area contributed by atoms with Gasteiger partial charge in [0.2, 0.25) is 5.91 Å². The third-order valence-electron chi connectivity index (χ3n) is 6.67. The molecule has 4 rings (SSSR count). The fourth-order valence-corrected chi connectivity index (χ4v) is 4.58. The number of ether oxygens (including phenoxy) is 2. The number of amides is 1. The summed E-state index contributed by atoms with van der Waals surface area (Å²) in [5.41, 5.74) is 0. The highest BCUT2D eigenvalue weighted by Crippen LogP contribution is 2.30. The number of halogens is 1. The van der Waals surface area contributed by atoms with Gasteiger partial charge in [-0.25, -0.2) is 0 Å². The molecule has 0 radical (unpaired) electrons. The molecule has 3 aliphatic rings. The van der Waals surface area contributed by atoms with Gasteiger partial charge in [0.25, 0.3) is 0 Å². The molecule has 0 spiro atoms. The maximum Gasteiger partial charge on any atom is 0.225 e. The van der Waals surface area contributed by atoms with Crippen molar-refractivity contribution in [3.05, 3.63) is 24.3 Å². The standard InChI is InChI=1S/C24H36N2O3.ClHO/c27-24(20-6-4-7-20)26-17-12-23(13-18-26)29-22-10-8-21(9-11-22)28-19-5-16-25-14-2-1-3-15-25;1-2/h8-11,20,23H,1-7,12-19H2;2H. The number of likely N-dealkylation sites (tertiary alicyclic amines) is 2. The van der Waals surface area contributed by atoms with Gasteiger partial charge in [0.1, 0.15) is 17.6 Å². The summed E-state index contributed by atoms with van der Waals surface area (Å²) in [5.74, 6) is 2.49. The van der Waals surface area contributed by atoms with Crippen molar-refractivity contribution in [2.24, 2.45) is 5.92 Å². The topological polar surface area (TPSA) is 62.2 Å². The third-order valence-corrected chi connectivity index (χ3v) is 6.67. The van der Waals surface area contributed by atoms with Crippen molar-refractivity contribution in [1.29, 1.82) is 0 Å². The molecule has 3 fully saturated rings. The molecule has 1 aromatic rings. The van der Waals surface area contributed by atoms with Crippen LogP contribution in [0.4, 0.5) is 0 Å². The van der Waals surface area contributed by atoms with E-state index in [-0.39, 0.29) is 6.10 Å². The monoisotopic (exact) mass is 452 g/mol. The molecule has 1 aliphatic carbocycles. The second-order valence-electron chi connectivity index (χ2n) is 8.85. The maximum absolute atomic E-state index is 12.3. The normalized spacial score (nSPS) is 20.4. The van der Waals surface area contributed by atoms with Gasteiger partial charge in [0.15, 0.2) is 0 Å². The second kappa shape index (κ2) is 13.1. The first-order valence-corrected chi connectivity index (χ1v) is 12.2. The van der Waals surface area contributed by atoms with Crippen molar-refractivity contribution in [2.75, 3.05) is 39.3 Å². The van der Waals surface area contributed by atoms with Crippen LogP contribution in [0.5, 0.6) is 11.5 Å². The van der Waals surface area contributed by atoms with Gasteiger partial charge in [-0.15, -0.1) is 0 Å². The molecule has 1 N–H and O–H groups in total. The number of piperidine rings is 2. The van der Waals surface area contributed by atoms with Gasteiger partial charge in [-0.3, -0.25) is 9.45 Å². The van der Waals surface area contributed by atoms with Gasteiger partial charge < -0.3 is 19.3 Å². The number of carbonyl (C=O) groups is 1. The Bertz CT molecular complexity index is 639.